The number of rotatable bonds is 7. The standard InChI is InChI=1S/C21H27NO4/c1-21(2,3)18-9-5-15(6-10-18)17(14-22(24)25)13-20(23)16-7-11-19(26-4)12-8-16/h5-12,17,20,23H,13-14H2,1-4H3. The Hall–Kier alpha value is -2.40. The Bertz CT molecular complexity index is 717. The minimum atomic E-state index is -0.770. The van der Waals surface area contributed by atoms with Crippen molar-refractivity contribution in [2.24, 2.45) is 0 Å². The van der Waals surface area contributed by atoms with E-state index < -0.39 is 6.10 Å². The second kappa shape index (κ2) is 8.32. The van der Waals surface area contributed by atoms with Crippen LogP contribution >= 0.6 is 0 Å². The second-order valence-corrected chi connectivity index (χ2v) is 7.61. The highest BCUT2D eigenvalue weighted by Crippen LogP contribution is 2.31. The third-order valence-electron chi connectivity index (χ3n) is 4.63. The molecule has 0 bridgehead atoms. The van der Waals surface area contributed by atoms with Crippen LogP contribution in [0, 0.1) is 10.1 Å². The first kappa shape index (κ1) is 19.9. The zero-order valence-corrected chi connectivity index (χ0v) is 15.8. The first-order valence-corrected chi connectivity index (χ1v) is 8.75. The molecule has 0 amide bonds. The Morgan fingerprint density at radius 2 is 1.58 bits per heavy atom. The summed E-state index contributed by atoms with van der Waals surface area (Å²) in [4.78, 5) is 10.8. The highest BCUT2D eigenvalue weighted by Gasteiger charge is 2.23. The number of hydrogen-bond acceptors (Lipinski definition) is 4. The minimum Gasteiger partial charge on any atom is -0.497 e. The summed E-state index contributed by atoms with van der Waals surface area (Å²) in [5.74, 6) is 0.358. The van der Waals surface area contributed by atoms with Gasteiger partial charge in [0.1, 0.15) is 5.75 Å². The summed E-state index contributed by atoms with van der Waals surface area (Å²) in [6, 6.07) is 15.0. The highest BCUT2D eigenvalue weighted by molar-refractivity contribution is 5.31. The van der Waals surface area contributed by atoms with Crippen molar-refractivity contribution in [1.29, 1.82) is 0 Å². The molecule has 0 aliphatic rings. The fraction of sp³-hybridized carbons (Fsp3) is 0.429. The van der Waals surface area contributed by atoms with Crippen molar-refractivity contribution in [3.05, 3.63) is 75.3 Å². The molecule has 0 saturated heterocycles. The number of aliphatic hydroxyl groups is 1. The Kier molecular flexibility index (Phi) is 6.37. The molecular weight excluding hydrogens is 330 g/mol. The largest absolute Gasteiger partial charge is 0.497 e. The predicted molar refractivity (Wildman–Crippen MR) is 102 cm³/mol. The van der Waals surface area contributed by atoms with Crippen molar-refractivity contribution >= 4 is 0 Å². The lowest BCUT2D eigenvalue weighted by Crippen LogP contribution is -2.17. The van der Waals surface area contributed by atoms with Gasteiger partial charge in [0, 0.05) is 4.92 Å². The van der Waals surface area contributed by atoms with Crippen LogP contribution in [0.15, 0.2) is 48.5 Å². The van der Waals surface area contributed by atoms with Crippen LogP contribution in [0.2, 0.25) is 0 Å². The molecule has 0 fully saturated rings. The van der Waals surface area contributed by atoms with Gasteiger partial charge in [-0.25, -0.2) is 0 Å². The van der Waals surface area contributed by atoms with Crippen molar-refractivity contribution in [3.8, 4) is 5.75 Å². The zero-order valence-electron chi connectivity index (χ0n) is 15.8. The maximum absolute atomic E-state index is 11.1. The van der Waals surface area contributed by atoms with E-state index in [4.69, 9.17) is 4.74 Å². The molecule has 2 aromatic carbocycles. The molecule has 0 saturated carbocycles. The molecule has 0 aliphatic heterocycles. The maximum atomic E-state index is 11.1. The Morgan fingerprint density at radius 3 is 2.04 bits per heavy atom. The van der Waals surface area contributed by atoms with Crippen LogP contribution in [-0.4, -0.2) is 23.7 Å². The van der Waals surface area contributed by atoms with Crippen LogP contribution in [-0.2, 0) is 5.41 Å². The van der Waals surface area contributed by atoms with E-state index in [1.54, 1.807) is 31.4 Å². The average molecular weight is 357 g/mol. The Balaban J connectivity index is 2.19. The number of nitrogens with zero attached hydrogens (tertiary/aromatic N) is 1. The lowest BCUT2D eigenvalue weighted by atomic mass is 9.84. The molecule has 0 radical (unpaired) electrons. The van der Waals surface area contributed by atoms with Crippen molar-refractivity contribution < 1.29 is 14.8 Å². The molecule has 5 nitrogen and oxygen atoms in total. The molecular formula is C21H27NO4. The molecule has 0 aliphatic carbocycles. The lowest BCUT2D eigenvalue weighted by molar-refractivity contribution is -0.483. The molecule has 0 heterocycles. The van der Waals surface area contributed by atoms with Gasteiger partial charge in [0.2, 0.25) is 6.54 Å². The first-order chi connectivity index (χ1) is 12.2. The first-order valence-electron chi connectivity index (χ1n) is 8.75. The number of methoxy groups -OCH3 is 1. The van der Waals surface area contributed by atoms with E-state index in [0.29, 0.717) is 12.2 Å². The molecule has 5 heteroatoms. The number of ether oxygens (including phenoxy) is 1. The Labute approximate surface area is 154 Å². The maximum Gasteiger partial charge on any atom is 0.210 e. The van der Waals surface area contributed by atoms with E-state index in [1.165, 1.54) is 5.56 Å². The molecule has 2 unspecified atom stereocenters. The van der Waals surface area contributed by atoms with Gasteiger partial charge in [0.25, 0.3) is 0 Å². The predicted octanol–water partition coefficient (Wildman–Crippen LogP) is 4.48. The summed E-state index contributed by atoms with van der Waals surface area (Å²) < 4.78 is 5.12. The van der Waals surface area contributed by atoms with Crippen LogP contribution in [0.1, 0.15) is 55.9 Å². The SMILES string of the molecule is COc1ccc(C(O)CC(C[N+](=O)[O-])c2ccc(C(C)(C)C)cc2)cc1. The van der Waals surface area contributed by atoms with E-state index >= 15 is 0 Å². The zero-order chi connectivity index (χ0) is 19.3. The molecule has 2 rings (SSSR count). The topological polar surface area (TPSA) is 72.6 Å². The lowest BCUT2D eigenvalue weighted by Gasteiger charge is -2.22. The van der Waals surface area contributed by atoms with Crippen molar-refractivity contribution in [2.45, 2.75) is 44.6 Å². The van der Waals surface area contributed by atoms with Gasteiger partial charge >= 0.3 is 0 Å². The van der Waals surface area contributed by atoms with E-state index in [0.717, 1.165) is 11.1 Å². The van der Waals surface area contributed by atoms with Crippen LogP contribution in [0.5, 0.6) is 5.75 Å². The quantitative estimate of drug-likeness (QED) is 0.586. The van der Waals surface area contributed by atoms with Crippen molar-refractivity contribution in [3.63, 3.8) is 0 Å². The average Bonchev–Trinajstić information content (AvgIpc) is 2.60. The smallest absolute Gasteiger partial charge is 0.210 e. The van der Waals surface area contributed by atoms with Gasteiger partial charge in [0.05, 0.1) is 19.1 Å². The Morgan fingerprint density at radius 1 is 1.04 bits per heavy atom. The minimum absolute atomic E-state index is 0.0275. The van der Waals surface area contributed by atoms with Gasteiger partial charge in [-0.3, -0.25) is 10.1 Å². The van der Waals surface area contributed by atoms with Crippen LogP contribution in [0.3, 0.4) is 0 Å². The van der Waals surface area contributed by atoms with Crippen molar-refractivity contribution in [2.75, 3.05) is 13.7 Å². The summed E-state index contributed by atoms with van der Waals surface area (Å²) in [5.41, 5.74) is 2.81. The highest BCUT2D eigenvalue weighted by atomic mass is 16.6. The number of benzene rings is 2. The third-order valence-corrected chi connectivity index (χ3v) is 4.63. The van der Waals surface area contributed by atoms with Crippen LogP contribution in [0.25, 0.3) is 0 Å². The third kappa shape index (κ3) is 5.30. The van der Waals surface area contributed by atoms with Gasteiger partial charge in [-0.1, -0.05) is 57.2 Å². The molecule has 2 aromatic rings. The van der Waals surface area contributed by atoms with E-state index in [-0.39, 0.29) is 22.8 Å². The van der Waals surface area contributed by atoms with Crippen LogP contribution in [0.4, 0.5) is 0 Å². The van der Waals surface area contributed by atoms with Crippen LogP contribution < -0.4 is 4.74 Å². The van der Waals surface area contributed by atoms with Crippen molar-refractivity contribution in [1.82, 2.24) is 0 Å². The summed E-state index contributed by atoms with van der Waals surface area (Å²) in [5, 5.41) is 21.7. The number of aliphatic hydroxyl groups excluding tert-OH is 1. The van der Waals surface area contributed by atoms with Gasteiger partial charge in [-0.2, -0.15) is 0 Å². The fourth-order valence-corrected chi connectivity index (χ4v) is 2.98. The summed E-state index contributed by atoms with van der Waals surface area (Å²) >= 11 is 0. The van der Waals surface area contributed by atoms with E-state index in [1.807, 2.05) is 24.3 Å². The van der Waals surface area contributed by atoms with E-state index in [2.05, 4.69) is 20.8 Å². The molecule has 1 N–H and O–H groups in total. The molecule has 26 heavy (non-hydrogen) atoms. The van der Waals surface area contributed by atoms with Gasteiger partial charge < -0.3 is 9.84 Å². The molecule has 0 spiro atoms. The van der Waals surface area contributed by atoms with E-state index in [9.17, 15) is 15.2 Å². The van der Waals surface area contributed by atoms with Gasteiger partial charge in [-0.05, 0) is 40.7 Å². The molecule has 0 aromatic heterocycles. The second-order valence-electron chi connectivity index (χ2n) is 7.61. The molecule has 140 valence electrons. The summed E-state index contributed by atoms with van der Waals surface area (Å²) in [6.45, 7) is 6.18. The fourth-order valence-electron chi connectivity index (χ4n) is 2.98. The number of nitro groups is 1. The number of hydrogen-bond donors (Lipinski definition) is 1. The monoisotopic (exact) mass is 357 g/mol. The summed E-state index contributed by atoms with van der Waals surface area (Å²) in [6.07, 6.45) is -0.476. The normalized spacial score (nSPS) is 13.9. The van der Waals surface area contributed by atoms with Gasteiger partial charge in [-0.15, -0.1) is 0 Å². The summed E-state index contributed by atoms with van der Waals surface area (Å²) in [7, 11) is 1.58. The van der Waals surface area contributed by atoms with Gasteiger partial charge in [0.15, 0.2) is 0 Å². The molecule has 2 atom stereocenters.